The lowest BCUT2D eigenvalue weighted by molar-refractivity contribution is -0.137. The standard InChI is InChI=1S/C14H10ClF3N2/c15-12-7-10(6-11(8-12)14(16,17)18)9-19-20-13-4-2-1-3-5-13/h1-9,20H. The predicted octanol–water partition coefficient (Wildman–Crippen LogP) is 4.80. The number of hydrazone groups is 1. The number of alkyl halides is 3. The maximum atomic E-state index is 12.6. The van der Waals surface area contributed by atoms with Crippen LogP contribution in [0.3, 0.4) is 0 Å². The number of para-hydroxylation sites is 1. The first-order valence-corrected chi connectivity index (χ1v) is 6.05. The lowest BCUT2D eigenvalue weighted by Crippen LogP contribution is -2.05. The SMILES string of the molecule is FC(F)(F)c1cc(Cl)cc(C=NNc2ccccc2)c1. The van der Waals surface area contributed by atoms with Crippen molar-refractivity contribution in [2.45, 2.75) is 6.18 Å². The van der Waals surface area contributed by atoms with Crippen molar-refractivity contribution in [1.29, 1.82) is 0 Å². The van der Waals surface area contributed by atoms with Crippen LogP contribution in [-0.4, -0.2) is 6.21 Å². The maximum absolute atomic E-state index is 12.6. The molecule has 1 N–H and O–H groups in total. The van der Waals surface area contributed by atoms with Crippen LogP contribution in [0.2, 0.25) is 5.02 Å². The summed E-state index contributed by atoms with van der Waals surface area (Å²) in [6, 6.07) is 12.3. The van der Waals surface area contributed by atoms with Gasteiger partial charge in [0.15, 0.2) is 0 Å². The van der Waals surface area contributed by atoms with Crippen molar-refractivity contribution < 1.29 is 13.2 Å². The van der Waals surface area contributed by atoms with Gasteiger partial charge in [-0.3, -0.25) is 5.43 Å². The minimum Gasteiger partial charge on any atom is -0.279 e. The quantitative estimate of drug-likeness (QED) is 0.638. The molecular weight excluding hydrogens is 289 g/mol. The van der Waals surface area contributed by atoms with Gasteiger partial charge in [0.05, 0.1) is 17.5 Å². The van der Waals surface area contributed by atoms with E-state index >= 15 is 0 Å². The second kappa shape index (κ2) is 5.96. The summed E-state index contributed by atoms with van der Waals surface area (Å²) >= 11 is 5.67. The summed E-state index contributed by atoms with van der Waals surface area (Å²) in [7, 11) is 0. The van der Waals surface area contributed by atoms with Gasteiger partial charge in [-0.2, -0.15) is 18.3 Å². The van der Waals surface area contributed by atoms with Crippen LogP contribution in [0.25, 0.3) is 0 Å². The highest BCUT2D eigenvalue weighted by Gasteiger charge is 2.30. The Hall–Kier alpha value is -2.01. The predicted molar refractivity (Wildman–Crippen MR) is 74.1 cm³/mol. The van der Waals surface area contributed by atoms with E-state index in [1.807, 2.05) is 18.2 Å². The molecule has 0 bridgehead atoms. The average Bonchev–Trinajstić information content (AvgIpc) is 2.38. The minimum absolute atomic E-state index is 0.0148. The van der Waals surface area contributed by atoms with Crippen LogP contribution in [0.4, 0.5) is 18.9 Å². The first-order chi connectivity index (χ1) is 9.45. The number of benzene rings is 2. The van der Waals surface area contributed by atoms with Gasteiger partial charge in [0.1, 0.15) is 0 Å². The van der Waals surface area contributed by atoms with Gasteiger partial charge in [-0.25, -0.2) is 0 Å². The van der Waals surface area contributed by atoms with Gasteiger partial charge in [0.2, 0.25) is 0 Å². The van der Waals surface area contributed by atoms with Crippen molar-refractivity contribution in [3.8, 4) is 0 Å². The second-order valence-electron chi connectivity index (χ2n) is 4.01. The van der Waals surface area contributed by atoms with Crippen LogP contribution in [-0.2, 0) is 6.18 Å². The molecule has 2 rings (SSSR count). The van der Waals surface area contributed by atoms with Crippen molar-refractivity contribution in [3.63, 3.8) is 0 Å². The molecule has 0 saturated carbocycles. The Morgan fingerprint density at radius 1 is 1.05 bits per heavy atom. The molecule has 0 aliphatic rings. The summed E-state index contributed by atoms with van der Waals surface area (Å²) < 4.78 is 37.8. The fourth-order valence-corrected chi connectivity index (χ4v) is 1.79. The van der Waals surface area contributed by atoms with Crippen LogP contribution in [0.5, 0.6) is 0 Å². The monoisotopic (exact) mass is 298 g/mol. The minimum atomic E-state index is -4.43. The zero-order chi connectivity index (χ0) is 14.6. The van der Waals surface area contributed by atoms with Gasteiger partial charge in [0, 0.05) is 5.02 Å². The maximum Gasteiger partial charge on any atom is 0.416 e. The van der Waals surface area contributed by atoms with E-state index in [0.29, 0.717) is 0 Å². The van der Waals surface area contributed by atoms with Crippen molar-refractivity contribution in [2.24, 2.45) is 5.10 Å². The number of rotatable bonds is 3. The molecule has 2 nitrogen and oxygen atoms in total. The Morgan fingerprint density at radius 3 is 2.40 bits per heavy atom. The van der Waals surface area contributed by atoms with Crippen molar-refractivity contribution in [2.75, 3.05) is 5.43 Å². The summed E-state index contributed by atoms with van der Waals surface area (Å²) in [4.78, 5) is 0. The van der Waals surface area contributed by atoms with E-state index in [0.717, 1.165) is 17.8 Å². The highest BCUT2D eigenvalue weighted by atomic mass is 35.5. The van der Waals surface area contributed by atoms with Gasteiger partial charge in [-0.1, -0.05) is 29.8 Å². The Bertz CT molecular complexity index is 610. The van der Waals surface area contributed by atoms with E-state index in [2.05, 4.69) is 10.5 Å². The molecular formula is C14H10ClF3N2. The Balaban J connectivity index is 2.15. The molecule has 2 aromatic carbocycles. The molecule has 20 heavy (non-hydrogen) atoms. The average molecular weight is 299 g/mol. The van der Waals surface area contributed by atoms with Crippen molar-refractivity contribution in [3.05, 3.63) is 64.7 Å². The Labute approximate surface area is 118 Å². The Kier molecular flexibility index (Phi) is 4.29. The highest BCUT2D eigenvalue weighted by Crippen LogP contribution is 2.31. The largest absolute Gasteiger partial charge is 0.416 e. The molecule has 2 aromatic rings. The first-order valence-electron chi connectivity index (χ1n) is 5.67. The number of anilines is 1. The van der Waals surface area contributed by atoms with Gasteiger partial charge >= 0.3 is 6.18 Å². The third kappa shape index (κ3) is 3.99. The molecule has 0 aliphatic heterocycles. The van der Waals surface area contributed by atoms with E-state index in [9.17, 15) is 13.2 Å². The van der Waals surface area contributed by atoms with Crippen LogP contribution >= 0.6 is 11.6 Å². The molecule has 0 fully saturated rings. The number of hydrogen-bond acceptors (Lipinski definition) is 2. The molecule has 6 heteroatoms. The number of nitrogens with one attached hydrogen (secondary N) is 1. The van der Waals surface area contributed by atoms with Crippen LogP contribution in [0.15, 0.2) is 53.6 Å². The lowest BCUT2D eigenvalue weighted by Gasteiger charge is -2.07. The molecule has 0 unspecified atom stereocenters. The van der Waals surface area contributed by atoms with Crippen LogP contribution < -0.4 is 5.43 Å². The number of nitrogens with zero attached hydrogens (tertiary/aromatic N) is 1. The van der Waals surface area contributed by atoms with Crippen molar-refractivity contribution in [1.82, 2.24) is 0 Å². The molecule has 0 heterocycles. The number of hydrogen-bond donors (Lipinski definition) is 1. The van der Waals surface area contributed by atoms with Crippen LogP contribution in [0, 0.1) is 0 Å². The zero-order valence-corrected chi connectivity index (χ0v) is 10.9. The smallest absolute Gasteiger partial charge is 0.279 e. The fourth-order valence-electron chi connectivity index (χ4n) is 1.54. The molecule has 0 aromatic heterocycles. The van der Waals surface area contributed by atoms with E-state index < -0.39 is 11.7 Å². The van der Waals surface area contributed by atoms with E-state index in [4.69, 9.17) is 11.6 Å². The van der Waals surface area contributed by atoms with Gasteiger partial charge in [-0.15, -0.1) is 0 Å². The summed E-state index contributed by atoms with van der Waals surface area (Å²) in [6.07, 6.45) is -3.14. The molecule has 0 spiro atoms. The molecule has 0 aliphatic carbocycles. The Morgan fingerprint density at radius 2 is 1.75 bits per heavy atom. The van der Waals surface area contributed by atoms with E-state index in [1.165, 1.54) is 12.3 Å². The topological polar surface area (TPSA) is 24.4 Å². The van der Waals surface area contributed by atoms with Gasteiger partial charge < -0.3 is 0 Å². The number of halogens is 4. The summed E-state index contributed by atoms with van der Waals surface area (Å²) in [5.74, 6) is 0. The molecule has 0 amide bonds. The fraction of sp³-hybridized carbons (Fsp3) is 0.0714. The summed E-state index contributed by atoms with van der Waals surface area (Å²) in [5, 5.41) is 3.89. The summed E-state index contributed by atoms with van der Waals surface area (Å²) in [6.45, 7) is 0. The molecule has 104 valence electrons. The van der Waals surface area contributed by atoms with Gasteiger partial charge in [-0.05, 0) is 35.9 Å². The lowest BCUT2D eigenvalue weighted by atomic mass is 10.1. The van der Waals surface area contributed by atoms with E-state index in [-0.39, 0.29) is 10.6 Å². The third-order valence-electron chi connectivity index (χ3n) is 2.43. The van der Waals surface area contributed by atoms with Crippen molar-refractivity contribution >= 4 is 23.5 Å². The zero-order valence-electron chi connectivity index (χ0n) is 10.2. The first kappa shape index (κ1) is 14.4. The second-order valence-corrected chi connectivity index (χ2v) is 4.44. The van der Waals surface area contributed by atoms with E-state index in [1.54, 1.807) is 12.1 Å². The molecule has 0 atom stereocenters. The molecule has 0 radical (unpaired) electrons. The summed E-state index contributed by atoms with van der Waals surface area (Å²) in [5.41, 5.74) is 2.93. The highest BCUT2D eigenvalue weighted by molar-refractivity contribution is 6.30. The van der Waals surface area contributed by atoms with Crippen LogP contribution in [0.1, 0.15) is 11.1 Å². The third-order valence-corrected chi connectivity index (χ3v) is 2.65. The molecule has 0 saturated heterocycles. The normalized spacial score (nSPS) is 11.8. The van der Waals surface area contributed by atoms with Gasteiger partial charge in [0.25, 0.3) is 0 Å².